The molecule has 0 bridgehead atoms. The van der Waals surface area contributed by atoms with Gasteiger partial charge in [0.2, 0.25) is 11.8 Å². The number of carbonyl (C=O) groups is 1. The third-order valence-electron chi connectivity index (χ3n) is 1.54. The number of methoxy groups -OCH3 is 1. The van der Waals surface area contributed by atoms with Crippen molar-refractivity contribution in [2.45, 2.75) is 6.42 Å². The van der Waals surface area contributed by atoms with Crippen LogP contribution >= 0.6 is 0 Å². The van der Waals surface area contributed by atoms with Crippen molar-refractivity contribution in [3.63, 3.8) is 0 Å². The number of nitrogens with two attached hydrogens (primary N) is 2. The summed E-state index contributed by atoms with van der Waals surface area (Å²) in [6.45, 7) is 0. The normalized spacial score (nSPS) is 9.79. The summed E-state index contributed by atoms with van der Waals surface area (Å²) >= 11 is 0. The number of carboxylic acids is 1. The maximum Gasteiger partial charge on any atom is 0.308 e. The number of rotatable bonds is 3. The lowest BCUT2D eigenvalue weighted by Gasteiger charge is -2.07. The molecule has 7 heteroatoms. The predicted molar refractivity (Wildman–Crippen MR) is 48.7 cm³/mol. The van der Waals surface area contributed by atoms with Crippen molar-refractivity contribution < 1.29 is 14.6 Å². The van der Waals surface area contributed by atoms with Gasteiger partial charge in [-0.1, -0.05) is 0 Å². The van der Waals surface area contributed by atoms with Gasteiger partial charge in [0.05, 0.1) is 19.1 Å². The number of hydrogen-bond donors (Lipinski definition) is 3. The Balaban J connectivity index is 3.18. The quantitative estimate of drug-likeness (QED) is 0.585. The summed E-state index contributed by atoms with van der Waals surface area (Å²) in [5.74, 6) is -0.967. The average Bonchev–Trinajstić information content (AvgIpc) is 2.08. The molecule has 0 aliphatic heterocycles. The van der Waals surface area contributed by atoms with Gasteiger partial charge in [0, 0.05) is 0 Å². The van der Waals surface area contributed by atoms with Crippen molar-refractivity contribution in [2.24, 2.45) is 0 Å². The molecule has 0 amide bonds. The second kappa shape index (κ2) is 3.77. The van der Waals surface area contributed by atoms with Crippen LogP contribution in [0, 0.1) is 0 Å². The van der Waals surface area contributed by atoms with Crippen molar-refractivity contribution in [1.29, 1.82) is 0 Å². The molecule has 1 heterocycles. The van der Waals surface area contributed by atoms with Crippen molar-refractivity contribution in [2.75, 3.05) is 18.6 Å². The zero-order valence-corrected chi connectivity index (χ0v) is 7.52. The van der Waals surface area contributed by atoms with Crippen LogP contribution in [0.5, 0.6) is 5.88 Å². The highest BCUT2D eigenvalue weighted by Gasteiger charge is 2.14. The molecule has 0 aromatic carbocycles. The molecule has 14 heavy (non-hydrogen) atoms. The van der Waals surface area contributed by atoms with Gasteiger partial charge in [0.25, 0.3) is 0 Å². The van der Waals surface area contributed by atoms with Crippen LogP contribution in [0.1, 0.15) is 5.56 Å². The van der Waals surface area contributed by atoms with Crippen LogP contribution in [0.3, 0.4) is 0 Å². The van der Waals surface area contributed by atoms with Crippen LogP contribution in [0.2, 0.25) is 0 Å². The van der Waals surface area contributed by atoms with E-state index in [0.29, 0.717) is 0 Å². The molecular formula is C7H10N4O3. The summed E-state index contributed by atoms with van der Waals surface area (Å²) in [4.78, 5) is 17.8. The largest absolute Gasteiger partial charge is 0.481 e. The average molecular weight is 198 g/mol. The van der Waals surface area contributed by atoms with Gasteiger partial charge in [-0.3, -0.25) is 4.79 Å². The first kappa shape index (κ1) is 10.0. The monoisotopic (exact) mass is 198 g/mol. The van der Waals surface area contributed by atoms with Gasteiger partial charge in [0.15, 0.2) is 0 Å². The molecule has 76 valence electrons. The summed E-state index contributed by atoms with van der Waals surface area (Å²) < 4.78 is 4.83. The number of carboxylic acid groups (broad SMARTS) is 1. The molecule has 5 N–H and O–H groups in total. The second-order valence-corrected chi connectivity index (χ2v) is 2.53. The Kier molecular flexibility index (Phi) is 2.70. The van der Waals surface area contributed by atoms with Gasteiger partial charge in [-0.15, -0.1) is 0 Å². The van der Waals surface area contributed by atoms with E-state index in [4.69, 9.17) is 21.3 Å². The van der Waals surface area contributed by atoms with Crippen LogP contribution in [-0.2, 0) is 11.2 Å². The summed E-state index contributed by atoms with van der Waals surface area (Å²) in [5.41, 5.74) is 11.0. The first-order valence-corrected chi connectivity index (χ1v) is 3.72. The Morgan fingerprint density at radius 3 is 2.64 bits per heavy atom. The topological polar surface area (TPSA) is 124 Å². The lowest BCUT2D eigenvalue weighted by Crippen LogP contribution is -2.10. The van der Waals surface area contributed by atoms with Gasteiger partial charge < -0.3 is 21.3 Å². The van der Waals surface area contributed by atoms with Crippen LogP contribution in [-0.4, -0.2) is 28.2 Å². The smallest absolute Gasteiger partial charge is 0.308 e. The van der Waals surface area contributed by atoms with Crippen molar-refractivity contribution in [3.8, 4) is 5.88 Å². The Hall–Kier alpha value is -2.05. The molecule has 0 spiro atoms. The van der Waals surface area contributed by atoms with E-state index < -0.39 is 5.97 Å². The molecule has 1 aromatic heterocycles. The highest BCUT2D eigenvalue weighted by atomic mass is 16.5. The van der Waals surface area contributed by atoms with E-state index in [-0.39, 0.29) is 29.6 Å². The minimum absolute atomic E-state index is 0.0248. The van der Waals surface area contributed by atoms with Crippen molar-refractivity contribution >= 4 is 17.7 Å². The molecule has 0 unspecified atom stereocenters. The number of aliphatic carboxylic acids is 1. The zero-order chi connectivity index (χ0) is 10.7. The van der Waals surface area contributed by atoms with E-state index in [1.165, 1.54) is 7.11 Å². The van der Waals surface area contributed by atoms with Crippen LogP contribution in [0.15, 0.2) is 0 Å². The van der Waals surface area contributed by atoms with Gasteiger partial charge in [-0.05, 0) is 0 Å². The van der Waals surface area contributed by atoms with Crippen molar-refractivity contribution in [3.05, 3.63) is 5.56 Å². The summed E-state index contributed by atoms with van der Waals surface area (Å²) in [6.07, 6.45) is -0.296. The highest BCUT2D eigenvalue weighted by Crippen LogP contribution is 2.21. The number of hydrogen-bond acceptors (Lipinski definition) is 6. The molecule has 0 saturated carbocycles. The van der Waals surface area contributed by atoms with Gasteiger partial charge >= 0.3 is 5.97 Å². The molecule has 7 nitrogen and oxygen atoms in total. The van der Waals surface area contributed by atoms with Crippen molar-refractivity contribution in [1.82, 2.24) is 9.97 Å². The fourth-order valence-electron chi connectivity index (χ4n) is 0.983. The number of anilines is 2. The fraction of sp³-hybridized carbons (Fsp3) is 0.286. The lowest BCUT2D eigenvalue weighted by atomic mass is 10.2. The maximum absolute atomic E-state index is 10.5. The minimum atomic E-state index is -1.04. The molecule has 0 radical (unpaired) electrons. The number of nitrogens with zero attached hydrogens (tertiary/aromatic N) is 2. The Morgan fingerprint density at radius 2 is 2.14 bits per heavy atom. The molecule has 1 aromatic rings. The molecule has 0 aliphatic carbocycles. The third-order valence-corrected chi connectivity index (χ3v) is 1.54. The molecule has 0 saturated heterocycles. The molecule has 1 rings (SSSR count). The van der Waals surface area contributed by atoms with Gasteiger partial charge in [-0.25, -0.2) is 0 Å². The van der Waals surface area contributed by atoms with Crippen LogP contribution in [0.25, 0.3) is 0 Å². The third kappa shape index (κ3) is 2.00. The van der Waals surface area contributed by atoms with Gasteiger partial charge in [-0.2, -0.15) is 9.97 Å². The number of nitrogen functional groups attached to an aromatic ring is 2. The zero-order valence-electron chi connectivity index (χ0n) is 7.52. The van der Waals surface area contributed by atoms with E-state index in [1.807, 2.05) is 0 Å². The number of aromatic nitrogens is 2. The van der Waals surface area contributed by atoms with E-state index in [9.17, 15) is 4.79 Å². The predicted octanol–water partition coefficient (Wildman–Crippen LogP) is -0.723. The summed E-state index contributed by atoms with van der Waals surface area (Å²) in [7, 11) is 1.35. The number of ether oxygens (including phenoxy) is 1. The van der Waals surface area contributed by atoms with Crippen LogP contribution < -0.4 is 16.2 Å². The standard InChI is InChI=1S/C7H10N4O3/c1-14-6-3(2-4(12)13)5(8)10-7(9)11-6/h2H2,1H3,(H,12,13)(H4,8,9,10,11). The summed E-state index contributed by atoms with van der Waals surface area (Å²) in [5, 5.41) is 8.58. The van der Waals surface area contributed by atoms with E-state index >= 15 is 0 Å². The molecule has 0 atom stereocenters. The SMILES string of the molecule is COc1nc(N)nc(N)c1CC(=O)O. The molecule has 0 aliphatic rings. The fourth-order valence-corrected chi connectivity index (χ4v) is 0.983. The Morgan fingerprint density at radius 1 is 1.50 bits per heavy atom. The minimum Gasteiger partial charge on any atom is -0.481 e. The Bertz CT molecular complexity index is 366. The maximum atomic E-state index is 10.5. The molecule has 0 fully saturated rings. The first-order valence-electron chi connectivity index (χ1n) is 3.72. The first-order chi connectivity index (χ1) is 6.54. The van der Waals surface area contributed by atoms with Crippen LogP contribution in [0.4, 0.5) is 11.8 Å². The second-order valence-electron chi connectivity index (χ2n) is 2.53. The van der Waals surface area contributed by atoms with E-state index in [1.54, 1.807) is 0 Å². The molecular weight excluding hydrogens is 188 g/mol. The van der Waals surface area contributed by atoms with E-state index in [2.05, 4.69) is 9.97 Å². The lowest BCUT2D eigenvalue weighted by molar-refractivity contribution is -0.136. The van der Waals surface area contributed by atoms with Gasteiger partial charge in [0.1, 0.15) is 5.82 Å². The summed E-state index contributed by atoms with van der Waals surface area (Å²) in [6, 6.07) is 0. The highest BCUT2D eigenvalue weighted by molar-refractivity contribution is 5.73. The Labute approximate surface area is 79.7 Å². The van der Waals surface area contributed by atoms with E-state index in [0.717, 1.165) is 0 Å².